The molecular weight excluding hydrogens is 431 g/mol. The number of carbonyl (C=O) groups is 2. The Bertz CT molecular complexity index is 1240. The van der Waals surface area contributed by atoms with E-state index in [-0.39, 0.29) is 0 Å². The summed E-state index contributed by atoms with van der Waals surface area (Å²) in [6.07, 6.45) is -3.38. The predicted molar refractivity (Wildman–Crippen MR) is 106 cm³/mol. The lowest BCUT2D eigenvalue weighted by Crippen LogP contribution is -2.21. The van der Waals surface area contributed by atoms with Gasteiger partial charge in [0.2, 0.25) is 5.89 Å². The fraction of sp³-hybridized carbons (Fsp3) is 0.0476. The molecule has 0 radical (unpaired) electrons. The summed E-state index contributed by atoms with van der Waals surface area (Å²) in [5.74, 6) is -2.93. The third-order valence-corrected chi connectivity index (χ3v) is 4.07. The summed E-state index contributed by atoms with van der Waals surface area (Å²) >= 11 is 0. The second-order valence-electron chi connectivity index (χ2n) is 6.24. The van der Waals surface area contributed by atoms with Gasteiger partial charge in [0.15, 0.2) is 5.58 Å². The Balaban J connectivity index is 0.000000360. The highest BCUT2D eigenvalue weighted by molar-refractivity contribution is 5.96. The number of hydrogen-bond donors (Lipinski definition) is 3. The van der Waals surface area contributed by atoms with E-state index >= 15 is 0 Å². The fourth-order valence-corrected chi connectivity index (χ4v) is 2.56. The van der Waals surface area contributed by atoms with Crippen molar-refractivity contribution in [1.29, 1.82) is 0 Å². The summed E-state index contributed by atoms with van der Waals surface area (Å²) in [6.45, 7) is 0. The normalized spacial score (nSPS) is 10.9. The minimum absolute atomic E-state index is 0.299. The number of nitrogens with one attached hydrogen (secondary N) is 1. The van der Waals surface area contributed by atoms with Crippen LogP contribution in [0.15, 0.2) is 71.3 Å². The number of nitrogens with zero attached hydrogens (tertiary/aromatic N) is 2. The second-order valence-corrected chi connectivity index (χ2v) is 6.24. The third-order valence-electron chi connectivity index (χ3n) is 4.07. The smallest absolute Gasteiger partial charge is 0.475 e. The largest absolute Gasteiger partial charge is 0.490 e. The molecule has 0 atom stereocenters. The molecule has 0 aliphatic rings. The molecule has 4 aromatic rings. The molecule has 4 rings (SSSR count). The molecule has 0 aliphatic carbocycles. The number of oxazole rings is 1. The Kier molecular flexibility index (Phi) is 6.50. The van der Waals surface area contributed by atoms with Gasteiger partial charge in [-0.25, -0.2) is 15.3 Å². The van der Waals surface area contributed by atoms with Gasteiger partial charge in [-0.2, -0.15) is 13.2 Å². The highest BCUT2D eigenvalue weighted by Gasteiger charge is 2.38. The molecule has 0 unspecified atom stereocenters. The van der Waals surface area contributed by atoms with Crippen LogP contribution in [0.4, 0.5) is 13.2 Å². The van der Waals surface area contributed by atoms with Crippen molar-refractivity contribution in [2.45, 2.75) is 6.18 Å². The van der Waals surface area contributed by atoms with E-state index in [2.05, 4.69) is 9.97 Å². The maximum absolute atomic E-state index is 11.5. The summed E-state index contributed by atoms with van der Waals surface area (Å²) in [6, 6.07) is 18.4. The number of aromatic nitrogens is 2. The molecule has 0 bridgehead atoms. The van der Waals surface area contributed by atoms with Crippen LogP contribution < -0.4 is 5.48 Å². The van der Waals surface area contributed by atoms with Crippen LogP contribution in [0.25, 0.3) is 33.8 Å². The molecule has 11 heteroatoms. The molecule has 0 spiro atoms. The minimum atomic E-state index is -5.08. The van der Waals surface area contributed by atoms with Crippen LogP contribution in [-0.4, -0.2) is 38.3 Å². The van der Waals surface area contributed by atoms with E-state index < -0.39 is 18.1 Å². The van der Waals surface area contributed by atoms with Gasteiger partial charge in [-0.1, -0.05) is 30.3 Å². The van der Waals surface area contributed by atoms with E-state index in [9.17, 15) is 18.0 Å². The molecule has 0 fully saturated rings. The summed E-state index contributed by atoms with van der Waals surface area (Å²) < 4.78 is 37.5. The number of hydrogen-bond acceptors (Lipinski definition) is 6. The van der Waals surface area contributed by atoms with Crippen molar-refractivity contribution in [2.24, 2.45) is 0 Å². The highest BCUT2D eigenvalue weighted by atomic mass is 19.4. The SMILES string of the molecule is O=C(NO)c1ccc2oc(-c3ccc(-c4ccccc4)nc3)nc2c1.O=C(O)C(F)(F)F. The lowest BCUT2D eigenvalue weighted by Gasteiger charge is -2.01. The first-order valence-electron chi connectivity index (χ1n) is 8.86. The van der Waals surface area contributed by atoms with E-state index in [1.165, 1.54) is 0 Å². The zero-order valence-electron chi connectivity index (χ0n) is 16.0. The van der Waals surface area contributed by atoms with E-state index in [4.69, 9.17) is 19.5 Å². The average molecular weight is 445 g/mol. The van der Waals surface area contributed by atoms with Crippen LogP contribution in [0, 0.1) is 0 Å². The van der Waals surface area contributed by atoms with Crippen molar-refractivity contribution >= 4 is 23.0 Å². The Morgan fingerprint density at radius 1 is 0.969 bits per heavy atom. The lowest BCUT2D eigenvalue weighted by atomic mass is 10.1. The Morgan fingerprint density at radius 3 is 2.22 bits per heavy atom. The number of alkyl halides is 3. The quantitative estimate of drug-likeness (QED) is 0.317. The summed E-state index contributed by atoms with van der Waals surface area (Å²) in [5.41, 5.74) is 5.62. The number of halogens is 3. The number of rotatable bonds is 3. The Morgan fingerprint density at radius 2 is 1.66 bits per heavy atom. The first kappa shape index (κ1) is 22.4. The van der Waals surface area contributed by atoms with Gasteiger partial charge in [-0.3, -0.25) is 15.0 Å². The molecule has 32 heavy (non-hydrogen) atoms. The van der Waals surface area contributed by atoms with Crippen LogP contribution >= 0.6 is 0 Å². The van der Waals surface area contributed by atoms with Crippen molar-refractivity contribution < 1.29 is 37.5 Å². The number of carbonyl (C=O) groups excluding carboxylic acids is 1. The van der Waals surface area contributed by atoms with Crippen molar-refractivity contribution in [3.05, 3.63) is 72.4 Å². The molecular formula is C21H14F3N3O5. The number of amides is 1. The predicted octanol–water partition coefficient (Wildman–Crippen LogP) is 4.31. The Labute approximate surface area is 177 Å². The fourth-order valence-electron chi connectivity index (χ4n) is 2.56. The summed E-state index contributed by atoms with van der Waals surface area (Å²) in [4.78, 5) is 29.2. The van der Waals surface area contributed by atoms with Crippen LogP contribution in [0.2, 0.25) is 0 Å². The van der Waals surface area contributed by atoms with Crippen molar-refractivity contribution in [3.63, 3.8) is 0 Å². The molecule has 164 valence electrons. The van der Waals surface area contributed by atoms with E-state index in [1.54, 1.807) is 29.9 Å². The maximum atomic E-state index is 11.5. The molecule has 0 saturated heterocycles. The van der Waals surface area contributed by atoms with Crippen molar-refractivity contribution in [3.8, 4) is 22.7 Å². The molecule has 0 aliphatic heterocycles. The van der Waals surface area contributed by atoms with Crippen molar-refractivity contribution in [1.82, 2.24) is 15.4 Å². The van der Waals surface area contributed by atoms with Gasteiger partial charge in [0.1, 0.15) is 5.52 Å². The number of aliphatic carboxylic acids is 1. The Hall–Kier alpha value is -4.25. The van der Waals surface area contributed by atoms with Crippen LogP contribution in [0.1, 0.15) is 10.4 Å². The van der Waals surface area contributed by atoms with Gasteiger partial charge in [-0.05, 0) is 30.3 Å². The topological polar surface area (TPSA) is 126 Å². The first-order valence-corrected chi connectivity index (χ1v) is 8.86. The molecule has 1 amide bonds. The van der Waals surface area contributed by atoms with E-state index in [0.717, 1.165) is 16.8 Å². The van der Waals surface area contributed by atoms with Gasteiger partial charge in [0, 0.05) is 17.3 Å². The number of hydroxylamine groups is 1. The number of pyridine rings is 1. The highest BCUT2D eigenvalue weighted by Crippen LogP contribution is 2.26. The van der Waals surface area contributed by atoms with Crippen molar-refractivity contribution in [2.75, 3.05) is 0 Å². The molecule has 0 saturated carbocycles. The van der Waals surface area contributed by atoms with Crippen LogP contribution in [0.5, 0.6) is 0 Å². The third kappa shape index (κ3) is 5.26. The number of benzene rings is 2. The lowest BCUT2D eigenvalue weighted by molar-refractivity contribution is -0.192. The van der Waals surface area contributed by atoms with E-state index in [0.29, 0.717) is 22.6 Å². The first-order chi connectivity index (χ1) is 15.2. The molecule has 2 aromatic heterocycles. The molecule has 2 heterocycles. The van der Waals surface area contributed by atoms with Gasteiger partial charge in [-0.15, -0.1) is 0 Å². The van der Waals surface area contributed by atoms with E-state index in [1.807, 2.05) is 42.5 Å². The molecule has 8 nitrogen and oxygen atoms in total. The zero-order chi connectivity index (χ0) is 23.3. The zero-order valence-corrected chi connectivity index (χ0v) is 16.0. The number of fused-ring (bicyclic) bond motifs is 1. The average Bonchev–Trinajstić information content (AvgIpc) is 3.22. The number of carboxylic acid groups (broad SMARTS) is 1. The maximum Gasteiger partial charge on any atom is 0.490 e. The molecule has 2 aromatic carbocycles. The number of carboxylic acids is 1. The standard InChI is InChI=1S/C19H13N3O3.C2HF3O2/c23-18(22-24)13-7-9-17-16(10-13)21-19(25-17)14-6-8-15(20-11-14)12-4-2-1-3-5-12;3-2(4,5)1(6)7/h1-11,24H,(H,22,23);(H,6,7). The second kappa shape index (κ2) is 9.27. The minimum Gasteiger partial charge on any atom is -0.475 e. The van der Waals surface area contributed by atoms with Crippen LogP contribution in [0.3, 0.4) is 0 Å². The van der Waals surface area contributed by atoms with Gasteiger partial charge in [0.05, 0.1) is 11.3 Å². The van der Waals surface area contributed by atoms with Crippen LogP contribution in [-0.2, 0) is 4.79 Å². The molecule has 3 N–H and O–H groups in total. The summed E-state index contributed by atoms with van der Waals surface area (Å²) in [7, 11) is 0. The van der Waals surface area contributed by atoms with Gasteiger partial charge in [0.25, 0.3) is 5.91 Å². The van der Waals surface area contributed by atoms with Gasteiger partial charge >= 0.3 is 12.1 Å². The summed E-state index contributed by atoms with van der Waals surface area (Å²) in [5, 5.41) is 15.8. The van der Waals surface area contributed by atoms with Gasteiger partial charge < -0.3 is 9.52 Å². The monoisotopic (exact) mass is 445 g/mol.